The van der Waals surface area contributed by atoms with Crippen molar-refractivity contribution in [3.63, 3.8) is 0 Å². The van der Waals surface area contributed by atoms with E-state index in [4.69, 9.17) is 21.1 Å². The molecule has 0 spiro atoms. The minimum absolute atomic E-state index is 0.0459. The van der Waals surface area contributed by atoms with Crippen LogP contribution in [0.4, 0.5) is 5.69 Å². The second-order valence-corrected chi connectivity index (χ2v) is 5.73. The summed E-state index contributed by atoms with van der Waals surface area (Å²) in [4.78, 5) is 12.3. The molecule has 5 nitrogen and oxygen atoms in total. The Morgan fingerprint density at radius 1 is 1.19 bits per heavy atom. The van der Waals surface area contributed by atoms with Gasteiger partial charge >= 0.3 is 0 Å². The van der Waals surface area contributed by atoms with Crippen LogP contribution in [0.25, 0.3) is 0 Å². The van der Waals surface area contributed by atoms with E-state index in [0.717, 1.165) is 25.8 Å². The summed E-state index contributed by atoms with van der Waals surface area (Å²) in [6, 6.07) is 3.26. The lowest BCUT2D eigenvalue weighted by atomic mass is 10.1. The monoisotopic (exact) mass is 310 g/mol. The van der Waals surface area contributed by atoms with Crippen LogP contribution in [0.15, 0.2) is 12.1 Å². The lowest BCUT2D eigenvalue weighted by molar-refractivity contribution is -0.118. The van der Waals surface area contributed by atoms with Gasteiger partial charge in [0.05, 0.1) is 16.8 Å². The number of hydrogen-bond donors (Lipinski definition) is 2. The van der Waals surface area contributed by atoms with Gasteiger partial charge in [-0.25, -0.2) is 0 Å². The quantitative estimate of drug-likeness (QED) is 0.881. The SMILES string of the molecule is O=C(Nc1cc2c(cc1Cl)OCCO2)C1CCCCCN1. The van der Waals surface area contributed by atoms with Crippen molar-refractivity contribution in [2.75, 3.05) is 25.1 Å². The van der Waals surface area contributed by atoms with Crippen molar-refractivity contribution in [2.24, 2.45) is 0 Å². The predicted octanol–water partition coefficient (Wildman–Crippen LogP) is 2.58. The lowest BCUT2D eigenvalue weighted by Crippen LogP contribution is -2.39. The topological polar surface area (TPSA) is 59.6 Å². The van der Waals surface area contributed by atoms with Crippen molar-refractivity contribution in [3.05, 3.63) is 17.2 Å². The van der Waals surface area contributed by atoms with E-state index in [1.807, 2.05) is 0 Å². The van der Waals surface area contributed by atoms with Crippen LogP contribution in [-0.2, 0) is 4.79 Å². The van der Waals surface area contributed by atoms with Gasteiger partial charge in [0.2, 0.25) is 5.91 Å². The van der Waals surface area contributed by atoms with E-state index >= 15 is 0 Å². The molecule has 6 heteroatoms. The number of carbonyl (C=O) groups excluding carboxylic acids is 1. The molecular formula is C15H19ClN2O3. The van der Waals surface area contributed by atoms with Crippen LogP contribution in [0.5, 0.6) is 11.5 Å². The van der Waals surface area contributed by atoms with E-state index in [1.54, 1.807) is 12.1 Å². The summed E-state index contributed by atoms with van der Waals surface area (Å²) < 4.78 is 11.0. The van der Waals surface area contributed by atoms with Crippen molar-refractivity contribution in [1.29, 1.82) is 0 Å². The molecule has 1 amide bonds. The Bertz CT molecular complexity index is 528. The number of halogens is 1. The van der Waals surface area contributed by atoms with Gasteiger partial charge in [-0.1, -0.05) is 24.4 Å². The van der Waals surface area contributed by atoms with Crippen LogP contribution < -0.4 is 20.1 Å². The first kappa shape index (κ1) is 14.5. The van der Waals surface area contributed by atoms with Crippen LogP contribution in [0, 0.1) is 0 Å². The molecule has 2 N–H and O–H groups in total. The van der Waals surface area contributed by atoms with Crippen LogP contribution in [-0.4, -0.2) is 31.7 Å². The standard InChI is InChI=1S/C15H19ClN2O3/c16-10-8-13-14(21-7-6-20-13)9-12(10)18-15(19)11-4-2-1-3-5-17-11/h8-9,11,17H,1-7H2,(H,18,19). The Morgan fingerprint density at radius 2 is 1.95 bits per heavy atom. The van der Waals surface area contributed by atoms with Gasteiger partial charge in [-0.15, -0.1) is 0 Å². The Kier molecular flexibility index (Phi) is 4.51. The molecule has 21 heavy (non-hydrogen) atoms. The molecule has 2 heterocycles. The highest BCUT2D eigenvalue weighted by atomic mass is 35.5. The van der Waals surface area contributed by atoms with E-state index in [0.29, 0.717) is 35.4 Å². The summed E-state index contributed by atoms with van der Waals surface area (Å²) in [6.45, 7) is 1.90. The van der Waals surface area contributed by atoms with E-state index in [9.17, 15) is 4.79 Å². The molecule has 1 fully saturated rings. The van der Waals surface area contributed by atoms with Crippen molar-refractivity contribution < 1.29 is 14.3 Å². The van der Waals surface area contributed by atoms with E-state index < -0.39 is 0 Å². The number of rotatable bonds is 2. The third-order valence-electron chi connectivity index (χ3n) is 3.77. The number of carbonyl (C=O) groups is 1. The van der Waals surface area contributed by atoms with Gasteiger partial charge in [0, 0.05) is 12.1 Å². The molecule has 0 saturated carbocycles. The third-order valence-corrected chi connectivity index (χ3v) is 4.08. The van der Waals surface area contributed by atoms with Crippen molar-refractivity contribution >= 4 is 23.2 Å². The van der Waals surface area contributed by atoms with Gasteiger partial charge in [0.15, 0.2) is 11.5 Å². The summed E-state index contributed by atoms with van der Waals surface area (Å²) in [5.74, 6) is 1.20. The fourth-order valence-electron chi connectivity index (χ4n) is 2.63. The molecule has 1 aromatic carbocycles. The van der Waals surface area contributed by atoms with Crippen molar-refractivity contribution in [2.45, 2.75) is 31.7 Å². The number of nitrogens with one attached hydrogen (secondary N) is 2. The predicted molar refractivity (Wildman–Crippen MR) is 81.3 cm³/mol. The largest absolute Gasteiger partial charge is 0.486 e. The van der Waals surface area contributed by atoms with Crippen molar-refractivity contribution in [1.82, 2.24) is 5.32 Å². The van der Waals surface area contributed by atoms with E-state index in [-0.39, 0.29) is 11.9 Å². The summed E-state index contributed by atoms with van der Waals surface area (Å²) in [7, 11) is 0. The number of ether oxygens (including phenoxy) is 2. The minimum Gasteiger partial charge on any atom is -0.486 e. The highest BCUT2D eigenvalue weighted by molar-refractivity contribution is 6.34. The highest BCUT2D eigenvalue weighted by Crippen LogP contribution is 2.38. The molecule has 2 aliphatic heterocycles. The maximum absolute atomic E-state index is 12.3. The molecule has 0 aromatic heterocycles. The molecule has 1 aromatic rings. The number of amides is 1. The summed E-state index contributed by atoms with van der Waals surface area (Å²) in [5.41, 5.74) is 0.567. The zero-order valence-electron chi connectivity index (χ0n) is 11.8. The summed E-state index contributed by atoms with van der Waals surface area (Å²) in [5, 5.41) is 6.62. The fraction of sp³-hybridized carbons (Fsp3) is 0.533. The van der Waals surface area contributed by atoms with Gasteiger partial charge in [-0.2, -0.15) is 0 Å². The molecule has 0 bridgehead atoms. The van der Waals surface area contributed by atoms with Gasteiger partial charge < -0.3 is 20.1 Å². The highest BCUT2D eigenvalue weighted by Gasteiger charge is 2.22. The Morgan fingerprint density at radius 3 is 2.76 bits per heavy atom. The van der Waals surface area contributed by atoms with Gasteiger partial charge in [-0.05, 0) is 19.4 Å². The number of fused-ring (bicyclic) bond motifs is 1. The first-order valence-corrected chi connectivity index (χ1v) is 7.75. The number of anilines is 1. The first-order valence-electron chi connectivity index (χ1n) is 7.37. The molecule has 2 aliphatic rings. The molecular weight excluding hydrogens is 292 g/mol. The molecule has 3 rings (SSSR count). The second-order valence-electron chi connectivity index (χ2n) is 5.32. The molecule has 0 radical (unpaired) electrons. The molecule has 1 atom stereocenters. The molecule has 1 unspecified atom stereocenters. The molecule has 114 valence electrons. The van der Waals surface area contributed by atoms with E-state index in [2.05, 4.69) is 10.6 Å². The smallest absolute Gasteiger partial charge is 0.241 e. The maximum Gasteiger partial charge on any atom is 0.241 e. The van der Waals surface area contributed by atoms with Crippen molar-refractivity contribution in [3.8, 4) is 11.5 Å². The van der Waals surface area contributed by atoms with Crippen LogP contribution in [0.1, 0.15) is 25.7 Å². The summed E-state index contributed by atoms with van der Waals surface area (Å²) in [6.07, 6.45) is 4.21. The van der Waals surface area contributed by atoms with Crippen LogP contribution in [0.2, 0.25) is 5.02 Å². The van der Waals surface area contributed by atoms with E-state index in [1.165, 1.54) is 6.42 Å². The fourth-order valence-corrected chi connectivity index (χ4v) is 2.83. The minimum atomic E-state index is -0.156. The summed E-state index contributed by atoms with van der Waals surface area (Å²) >= 11 is 6.21. The zero-order valence-corrected chi connectivity index (χ0v) is 12.5. The number of hydrogen-bond acceptors (Lipinski definition) is 4. The average molecular weight is 311 g/mol. The van der Waals surface area contributed by atoms with Gasteiger partial charge in [-0.3, -0.25) is 4.79 Å². The first-order chi connectivity index (χ1) is 10.2. The second kappa shape index (κ2) is 6.54. The molecule has 1 saturated heterocycles. The third kappa shape index (κ3) is 3.41. The number of benzene rings is 1. The zero-order chi connectivity index (χ0) is 14.7. The van der Waals surface area contributed by atoms with Crippen LogP contribution >= 0.6 is 11.6 Å². The van der Waals surface area contributed by atoms with Gasteiger partial charge in [0.25, 0.3) is 0 Å². The lowest BCUT2D eigenvalue weighted by Gasteiger charge is -2.21. The average Bonchev–Trinajstić information content (AvgIpc) is 2.77. The maximum atomic E-state index is 12.3. The van der Waals surface area contributed by atoms with Gasteiger partial charge in [0.1, 0.15) is 13.2 Å². The Balaban J connectivity index is 1.73. The van der Waals surface area contributed by atoms with Crippen LogP contribution in [0.3, 0.4) is 0 Å². The Labute approximate surface area is 128 Å². The molecule has 0 aliphatic carbocycles. The Hall–Kier alpha value is -1.46. The normalized spacial score (nSPS) is 21.5.